The van der Waals surface area contributed by atoms with Crippen LogP contribution in [-0.2, 0) is 19.8 Å². The number of allylic oxidation sites excluding steroid dienone is 4. The van der Waals surface area contributed by atoms with Gasteiger partial charge >= 0.3 is 0 Å². The van der Waals surface area contributed by atoms with Crippen molar-refractivity contribution in [1.82, 2.24) is 10.2 Å². The average Bonchev–Trinajstić information content (AvgIpc) is 3.38. The third-order valence-corrected chi connectivity index (χ3v) is 6.72. The van der Waals surface area contributed by atoms with Crippen molar-refractivity contribution in [1.29, 1.82) is 0 Å². The van der Waals surface area contributed by atoms with Crippen LogP contribution >= 0.6 is 0 Å². The Hall–Kier alpha value is -3.62. The minimum atomic E-state index is -1.58. The monoisotopic (exact) mass is 454 g/mol. The zero-order valence-electron chi connectivity index (χ0n) is 19.0. The van der Waals surface area contributed by atoms with Crippen molar-refractivity contribution in [3.8, 4) is 17.2 Å². The molecule has 2 aliphatic heterocycles. The average molecular weight is 454 g/mol. The third-order valence-electron chi connectivity index (χ3n) is 6.72. The molecule has 1 amide bonds. The molecule has 1 aromatic carbocycles. The van der Waals surface area contributed by atoms with Gasteiger partial charge in [-0.1, -0.05) is 0 Å². The number of likely N-dealkylation sites (tertiary alicyclic amines) is 1. The molecule has 0 spiro atoms. The summed E-state index contributed by atoms with van der Waals surface area (Å²) >= 11 is 0. The summed E-state index contributed by atoms with van der Waals surface area (Å²) in [4.78, 5) is 52.9. The Bertz CT molecular complexity index is 1190. The summed E-state index contributed by atoms with van der Waals surface area (Å²) in [7, 11) is 0. The van der Waals surface area contributed by atoms with Gasteiger partial charge < -0.3 is 25.2 Å². The number of carbonyl (C=O) groups excluding carboxylic acids is 4. The maximum absolute atomic E-state index is 13.7. The van der Waals surface area contributed by atoms with E-state index in [1.165, 1.54) is 20.8 Å². The van der Waals surface area contributed by atoms with Crippen LogP contribution in [0.5, 0.6) is 17.2 Å². The van der Waals surface area contributed by atoms with Crippen LogP contribution in [-0.4, -0.2) is 58.0 Å². The molecule has 3 N–H and O–H groups in total. The molecule has 1 atom stereocenters. The van der Waals surface area contributed by atoms with E-state index in [4.69, 9.17) is 4.74 Å². The SMILES string of the molecule is CC(=O)c1c(O)c(C)c(O)c2c1OC1=CC(=O)/C(=C(/C)NCC(=O)N3CCCC3)C(=O)[C@@]12C. The number of benzene rings is 1. The van der Waals surface area contributed by atoms with Crippen LogP contribution in [0.25, 0.3) is 0 Å². The number of carbonyl (C=O) groups is 4. The number of nitrogens with zero attached hydrogens (tertiary/aromatic N) is 1. The molecule has 0 unspecified atom stereocenters. The highest BCUT2D eigenvalue weighted by molar-refractivity contribution is 6.31. The summed E-state index contributed by atoms with van der Waals surface area (Å²) in [5.74, 6) is -2.84. The van der Waals surface area contributed by atoms with E-state index in [1.54, 1.807) is 11.8 Å². The molecule has 4 rings (SSSR count). The molecule has 0 radical (unpaired) electrons. The van der Waals surface area contributed by atoms with Crippen LogP contribution in [0.15, 0.2) is 23.1 Å². The van der Waals surface area contributed by atoms with E-state index in [2.05, 4.69) is 5.32 Å². The molecule has 3 aliphatic rings. The second kappa shape index (κ2) is 7.75. The lowest BCUT2D eigenvalue weighted by atomic mass is 9.70. The lowest BCUT2D eigenvalue weighted by Gasteiger charge is -2.29. The fourth-order valence-corrected chi connectivity index (χ4v) is 4.74. The van der Waals surface area contributed by atoms with Gasteiger partial charge in [0.15, 0.2) is 17.3 Å². The minimum absolute atomic E-state index is 0.0278. The van der Waals surface area contributed by atoms with Gasteiger partial charge in [-0.05, 0) is 40.5 Å². The standard InChI is InChI=1S/C24H26N2O7/c1-11-20(30)18(13(3)27)22-19(21(11)31)24(4)15(33-22)9-14(28)17(23(24)32)12(2)25-10-16(29)26-7-5-6-8-26/h9,25,30-31H,5-8,10H2,1-4H3/b17-12+/t24-/m0/s1. The molecule has 9 heteroatoms. The number of fused-ring (bicyclic) bond motifs is 3. The first-order valence-electron chi connectivity index (χ1n) is 10.8. The van der Waals surface area contributed by atoms with Gasteiger partial charge in [0.2, 0.25) is 5.91 Å². The molecule has 0 saturated carbocycles. The third kappa shape index (κ3) is 3.21. The van der Waals surface area contributed by atoms with Gasteiger partial charge in [0, 0.05) is 30.4 Å². The van der Waals surface area contributed by atoms with Crippen molar-refractivity contribution in [2.45, 2.75) is 46.0 Å². The highest BCUT2D eigenvalue weighted by Gasteiger charge is 2.56. The highest BCUT2D eigenvalue weighted by Crippen LogP contribution is 2.57. The first-order valence-corrected chi connectivity index (χ1v) is 10.8. The fraction of sp³-hybridized carbons (Fsp3) is 0.417. The number of amides is 1. The van der Waals surface area contributed by atoms with Crippen LogP contribution in [0.2, 0.25) is 0 Å². The van der Waals surface area contributed by atoms with Crippen LogP contribution in [0.1, 0.15) is 55.1 Å². The van der Waals surface area contributed by atoms with E-state index in [0.29, 0.717) is 13.1 Å². The van der Waals surface area contributed by atoms with E-state index in [9.17, 15) is 29.4 Å². The van der Waals surface area contributed by atoms with Crippen LogP contribution in [0.3, 0.4) is 0 Å². The lowest BCUT2D eigenvalue weighted by molar-refractivity contribution is -0.129. The van der Waals surface area contributed by atoms with E-state index in [-0.39, 0.29) is 57.7 Å². The van der Waals surface area contributed by atoms with Crippen molar-refractivity contribution in [3.05, 3.63) is 39.8 Å². The van der Waals surface area contributed by atoms with Gasteiger partial charge in [0.25, 0.3) is 0 Å². The Labute approximate surface area is 190 Å². The summed E-state index contributed by atoms with van der Waals surface area (Å²) in [6.45, 7) is 7.04. The molecule has 174 valence electrons. The fourth-order valence-electron chi connectivity index (χ4n) is 4.74. The topological polar surface area (TPSA) is 133 Å². The van der Waals surface area contributed by atoms with Gasteiger partial charge in [-0.2, -0.15) is 0 Å². The molecule has 1 aliphatic carbocycles. The van der Waals surface area contributed by atoms with Crippen molar-refractivity contribution in [2.24, 2.45) is 0 Å². The maximum Gasteiger partial charge on any atom is 0.241 e. The number of phenolic OH excluding ortho intramolecular Hbond substituents is 2. The van der Waals surface area contributed by atoms with E-state index in [0.717, 1.165) is 18.9 Å². The van der Waals surface area contributed by atoms with Crippen molar-refractivity contribution in [3.63, 3.8) is 0 Å². The molecule has 1 fully saturated rings. The first-order chi connectivity index (χ1) is 15.5. The summed E-state index contributed by atoms with van der Waals surface area (Å²) in [5, 5.41) is 24.1. The lowest BCUT2D eigenvalue weighted by Crippen LogP contribution is -2.42. The molecule has 33 heavy (non-hydrogen) atoms. The quantitative estimate of drug-likeness (QED) is 0.356. The van der Waals surface area contributed by atoms with Crippen LogP contribution < -0.4 is 10.1 Å². The summed E-state index contributed by atoms with van der Waals surface area (Å²) in [5.41, 5.74) is -1.58. The minimum Gasteiger partial charge on any atom is -0.507 e. The number of hydrogen-bond donors (Lipinski definition) is 3. The van der Waals surface area contributed by atoms with Crippen molar-refractivity contribution < 1.29 is 34.1 Å². The number of rotatable bonds is 4. The number of hydrogen-bond acceptors (Lipinski definition) is 8. The number of ketones is 3. The predicted molar refractivity (Wildman–Crippen MR) is 117 cm³/mol. The van der Waals surface area contributed by atoms with E-state index >= 15 is 0 Å². The molecular formula is C24H26N2O7. The summed E-state index contributed by atoms with van der Waals surface area (Å²) in [6.07, 6.45) is 3.06. The van der Waals surface area contributed by atoms with Crippen LogP contribution in [0.4, 0.5) is 0 Å². The van der Waals surface area contributed by atoms with Crippen LogP contribution in [0, 0.1) is 6.92 Å². The second-order valence-electron chi connectivity index (χ2n) is 8.83. The number of ether oxygens (including phenoxy) is 1. The molecule has 0 bridgehead atoms. The summed E-state index contributed by atoms with van der Waals surface area (Å²) < 4.78 is 5.73. The van der Waals surface area contributed by atoms with E-state index < -0.39 is 28.5 Å². The smallest absolute Gasteiger partial charge is 0.241 e. The highest BCUT2D eigenvalue weighted by atomic mass is 16.5. The number of Topliss-reactive ketones (excluding diaryl/α,β-unsaturated/α-hetero) is 2. The van der Waals surface area contributed by atoms with Gasteiger partial charge in [0.1, 0.15) is 34.0 Å². The largest absolute Gasteiger partial charge is 0.507 e. The first kappa shape index (κ1) is 22.6. The molecule has 1 saturated heterocycles. The predicted octanol–water partition coefficient (Wildman–Crippen LogP) is 1.78. The van der Waals surface area contributed by atoms with Gasteiger partial charge in [-0.25, -0.2) is 0 Å². The number of aromatic hydroxyl groups is 2. The Morgan fingerprint density at radius 3 is 2.39 bits per heavy atom. The van der Waals surface area contributed by atoms with Crippen molar-refractivity contribution in [2.75, 3.05) is 19.6 Å². The van der Waals surface area contributed by atoms with Gasteiger partial charge in [-0.15, -0.1) is 0 Å². The zero-order chi connectivity index (χ0) is 24.2. The Kier molecular flexibility index (Phi) is 5.30. The zero-order valence-corrected chi connectivity index (χ0v) is 19.0. The normalized spacial score (nSPS) is 23.0. The Morgan fingerprint density at radius 1 is 1.15 bits per heavy atom. The molecule has 2 heterocycles. The number of phenols is 2. The molecule has 9 nitrogen and oxygen atoms in total. The Balaban J connectivity index is 1.77. The van der Waals surface area contributed by atoms with Crippen molar-refractivity contribution >= 4 is 23.3 Å². The second-order valence-corrected chi connectivity index (χ2v) is 8.83. The van der Waals surface area contributed by atoms with Gasteiger partial charge in [-0.3, -0.25) is 19.2 Å². The molecular weight excluding hydrogens is 428 g/mol. The molecule has 0 aromatic heterocycles. The Morgan fingerprint density at radius 2 is 1.79 bits per heavy atom. The maximum atomic E-state index is 13.7. The number of nitrogens with one attached hydrogen (secondary N) is 1. The van der Waals surface area contributed by atoms with E-state index in [1.807, 2.05) is 0 Å². The summed E-state index contributed by atoms with van der Waals surface area (Å²) in [6, 6.07) is 0. The van der Waals surface area contributed by atoms with Gasteiger partial charge in [0.05, 0.1) is 17.7 Å². The molecule has 1 aromatic rings.